The van der Waals surface area contributed by atoms with Crippen molar-refractivity contribution in [2.45, 2.75) is 110 Å². The summed E-state index contributed by atoms with van der Waals surface area (Å²) in [5, 5.41) is 21.0. The predicted molar refractivity (Wildman–Crippen MR) is 160 cm³/mol. The number of unbranched alkanes of at least 4 members (excludes halogenated alkanes) is 1. The zero-order chi connectivity index (χ0) is 27.2. The summed E-state index contributed by atoms with van der Waals surface area (Å²) >= 11 is 0. The monoisotopic (exact) mass is 534 g/mol. The molecule has 0 saturated heterocycles. The van der Waals surface area contributed by atoms with E-state index in [1.165, 1.54) is 70.6 Å². The molecule has 4 aliphatic carbocycles. The molecule has 0 radical (unpaired) electrons. The first-order valence-corrected chi connectivity index (χ1v) is 16.6. The van der Waals surface area contributed by atoms with Crippen molar-refractivity contribution >= 4 is 0 Å². The molecule has 4 rings (SSSR count). The Morgan fingerprint density at radius 3 is 2.18 bits per heavy atom. The van der Waals surface area contributed by atoms with Gasteiger partial charge in [0.25, 0.3) is 0 Å². The second-order valence-corrected chi connectivity index (χ2v) is 14.4. The Balaban J connectivity index is 1.18. The molecule has 0 bridgehead atoms. The Morgan fingerprint density at radius 1 is 0.816 bits per heavy atom. The van der Waals surface area contributed by atoms with Gasteiger partial charge in [-0.1, -0.05) is 20.8 Å². The lowest BCUT2D eigenvalue weighted by atomic mass is 9.43. The van der Waals surface area contributed by atoms with Crippen LogP contribution in [0.3, 0.4) is 0 Å². The molecular formula is C32H63N5O. The van der Waals surface area contributed by atoms with E-state index in [-0.39, 0.29) is 0 Å². The molecule has 222 valence electrons. The zero-order valence-corrected chi connectivity index (χ0v) is 25.2. The SMILES string of the molecule is C[C@H](CO)[C@H]1CC[C@H]2[C@@H]3[C@H](N)C[C@H]4C[C@H](NCCCNCCCCNCCCN)CC[C@]4(C)[C@H]3CC[C@]12C. The van der Waals surface area contributed by atoms with Gasteiger partial charge in [-0.15, -0.1) is 0 Å². The number of hydrogen-bond acceptors (Lipinski definition) is 6. The van der Waals surface area contributed by atoms with Gasteiger partial charge in [-0.3, -0.25) is 0 Å². The Hall–Kier alpha value is -0.240. The molecule has 38 heavy (non-hydrogen) atoms. The molecule has 0 aliphatic heterocycles. The molecular weight excluding hydrogens is 470 g/mol. The highest BCUT2D eigenvalue weighted by Crippen LogP contribution is 2.67. The highest BCUT2D eigenvalue weighted by Gasteiger charge is 2.62. The summed E-state index contributed by atoms with van der Waals surface area (Å²) in [6.45, 7) is 14.2. The van der Waals surface area contributed by atoms with Crippen LogP contribution in [0.1, 0.15) is 97.8 Å². The maximum absolute atomic E-state index is 9.93. The molecule has 0 aromatic rings. The van der Waals surface area contributed by atoms with Crippen LogP contribution in [0.4, 0.5) is 0 Å². The van der Waals surface area contributed by atoms with E-state index in [0.717, 1.165) is 63.4 Å². The number of nitrogens with one attached hydrogen (secondary N) is 3. The summed E-state index contributed by atoms with van der Waals surface area (Å²) in [5.74, 6) is 4.15. The van der Waals surface area contributed by atoms with Gasteiger partial charge >= 0.3 is 0 Å². The highest BCUT2D eigenvalue weighted by atomic mass is 16.3. The molecule has 0 amide bonds. The quantitative estimate of drug-likeness (QED) is 0.178. The largest absolute Gasteiger partial charge is 0.396 e. The van der Waals surface area contributed by atoms with E-state index >= 15 is 0 Å². The van der Waals surface area contributed by atoms with Gasteiger partial charge < -0.3 is 32.5 Å². The molecule has 6 nitrogen and oxygen atoms in total. The van der Waals surface area contributed by atoms with Gasteiger partial charge in [0.1, 0.15) is 0 Å². The summed E-state index contributed by atoms with van der Waals surface area (Å²) < 4.78 is 0. The van der Waals surface area contributed by atoms with Crippen LogP contribution < -0.4 is 27.4 Å². The maximum atomic E-state index is 9.93. The third kappa shape index (κ3) is 6.62. The molecule has 4 fully saturated rings. The van der Waals surface area contributed by atoms with Crippen molar-refractivity contribution < 1.29 is 5.11 Å². The second kappa shape index (κ2) is 14.1. The molecule has 0 heterocycles. The number of rotatable bonds is 15. The molecule has 4 saturated carbocycles. The normalized spacial score (nSPS) is 41.4. The number of nitrogens with two attached hydrogens (primary N) is 2. The molecule has 0 aromatic carbocycles. The van der Waals surface area contributed by atoms with E-state index in [1.807, 2.05) is 0 Å². The van der Waals surface area contributed by atoms with E-state index < -0.39 is 0 Å². The third-order valence-corrected chi connectivity index (χ3v) is 12.3. The maximum Gasteiger partial charge on any atom is 0.0459 e. The lowest BCUT2D eigenvalue weighted by molar-refractivity contribution is -0.127. The highest BCUT2D eigenvalue weighted by molar-refractivity contribution is 5.12. The van der Waals surface area contributed by atoms with Gasteiger partial charge in [-0.05, 0) is 163 Å². The number of hydrogen-bond donors (Lipinski definition) is 6. The first-order valence-electron chi connectivity index (χ1n) is 16.6. The van der Waals surface area contributed by atoms with Crippen molar-refractivity contribution in [3.63, 3.8) is 0 Å². The smallest absolute Gasteiger partial charge is 0.0459 e. The summed E-state index contributed by atoms with van der Waals surface area (Å²) in [4.78, 5) is 0. The zero-order valence-electron chi connectivity index (χ0n) is 25.2. The first kappa shape index (κ1) is 30.7. The predicted octanol–water partition coefficient (Wildman–Crippen LogP) is 3.87. The number of aliphatic hydroxyl groups excluding tert-OH is 1. The fourth-order valence-corrected chi connectivity index (χ4v) is 10.1. The van der Waals surface area contributed by atoms with Crippen LogP contribution in [0, 0.1) is 46.3 Å². The van der Waals surface area contributed by atoms with E-state index in [4.69, 9.17) is 11.5 Å². The van der Waals surface area contributed by atoms with Crippen LogP contribution in [-0.4, -0.2) is 63.1 Å². The van der Waals surface area contributed by atoms with Crippen LogP contribution >= 0.6 is 0 Å². The molecule has 0 spiro atoms. The van der Waals surface area contributed by atoms with E-state index in [1.54, 1.807) is 0 Å². The van der Waals surface area contributed by atoms with Crippen molar-refractivity contribution in [1.82, 2.24) is 16.0 Å². The topological polar surface area (TPSA) is 108 Å². The van der Waals surface area contributed by atoms with E-state index in [9.17, 15) is 5.11 Å². The number of aliphatic hydroxyl groups is 1. The van der Waals surface area contributed by atoms with Crippen molar-refractivity contribution in [2.75, 3.05) is 45.9 Å². The van der Waals surface area contributed by atoms with Crippen LogP contribution in [0.5, 0.6) is 0 Å². The molecule has 0 unspecified atom stereocenters. The fraction of sp³-hybridized carbons (Fsp3) is 1.00. The average molecular weight is 534 g/mol. The van der Waals surface area contributed by atoms with Gasteiger partial charge in [0, 0.05) is 18.7 Å². The Kier molecular flexibility index (Phi) is 11.4. The number of fused-ring (bicyclic) bond motifs is 5. The average Bonchev–Trinajstić information content (AvgIpc) is 3.26. The van der Waals surface area contributed by atoms with Crippen LogP contribution in [0.25, 0.3) is 0 Å². The lowest BCUT2D eigenvalue weighted by Crippen LogP contribution is -2.61. The fourth-order valence-electron chi connectivity index (χ4n) is 10.1. The van der Waals surface area contributed by atoms with Gasteiger partial charge in [-0.2, -0.15) is 0 Å². The third-order valence-electron chi connectivity index (χ3n) is 12.3. The van der Waals surface area contributed by atoms with E-state index in [2.05, 4.69) is 36.7 Å². The minimum atomic E-state index is 0.338. The van der Waals surface area contributed by atoms with Gasteiger partial charge in [0.2, 0.25) is 0 Å². The van der Waals surface area contributed by atoms with Gasteiger partial charge in [0.15, 0.2) is 0 Å². The van der Waals surface area contributed by atoms with Crippen LogP contribution in [-0.2, 0) is 0 Å². The molecule has 6 heteroatoms. The van der Waals surface area contributed by atoms with Crippen molar-refractivity contribution in [1.29, 1.82) is 0 Å². The Labute approximate surface area is 234 Å². The molecule has 8 N–H and O–H groups in total. The second-order valence-electron chi connectivity index (χ2n) is 14.4. The van der Waals surface area contributed by atoms with E-state index in [0.29, 0.717) is 47.3 Å². The van der Waals surface area contributed by atoms with Crippen molar-refractivity contribution in [3.05, 3.63) is 0 Å². The lowest BCUT2D eigenvalue weighted by Gasteiger charge is -2.63. The summed E-state index contributed by atoms with van der Waals surface area (Å²) in [7, 11) is 0. The van der Waals surface area contributed by atoms with Crippen LogP contribution in [0.15, 0.2) is 0 Å². The first-order chi connectivity index (χ1) is 18.3. The summed E-state index contributed by atoms with van der Waals surface area (Å²) in [5.41, 5.74) is 13.5. The Morgan fingerprint density at radius 2 is 1.47 bits per heavy atom. The minimum absolute atomic E-state index is 0.338. The standard InChI is InChI=1S/C32H63N5O/c1-23(22-38)26-8-9-27-30-28(11-13-32(26,27)3)31(2)12-10-25(20-24(31)21-29(30)34)37-19-7-18-36-16-5-4-15-35-17-6-14-33/h23-30,35-38H,4-22,33-34H2,1-3H3/t23-,24-,25-,26-,27+,28+,29-,30+,31+,32-/m1/s1. The summed E-state index contributed by atoms with van der Waals surface area (Å²) in [6, 6.07) is 1.04. The molecule has 10 atom stereocenters. The van der Waals surface area contributed by atoms with Gasteiger partial charge in [0.05, 0.1) is 0 Å². The van der Waals surface area contributed by atoms with Gasteiger partial charge in [-0.25, -0.2) is 0 Å². The Bertz CT molecular complexity index is 707. The van der Waals surface area contributed by atoms with Crippen LogP contribution in [0.2, 0.25) is 0 Å². The molecule has 0 aromatic heterocycles. The minimum Gasteiger partial charge on any atom is -0.396 e. The summed E-state index contributed by atoms with van der Waals surface area (Å²) in [6.07, 6.45) is 15.4. The van der Waals surface area contributed by atoms with Crippen molar-refractivity contribution in [2.24, 2.45) is 57.8 Å². The van der Waals surface area contributed by atoms with Crippen molar-refractivity contribution in [3.8, 4) is 0 Å². The molecule has 4 aliphatic rings.